The zero-order chi connectivity index (χ0) is 39.9. The maximum absolute atomic E-state index is 12.2. The van der Waals surface area contributed by atoms with E-state index < -0.39 is 0 Å². The van der Waals surface area contributed by atoms with E-state index in [4.69, 9.17) is 24.4 Å². The van der Waals surface area contributed by atoms with Crippen LogP contribution >= 0.6 is 0 Å². The van der Waals surface area contributed by atoms with Gasteiger partial charge in [-0.05, 0) is 41.3 Å². The molecule has 57 heavy (non-hydrogen) atoms. The minimum atomic E-state index is -0.185. The van der Waals surface area contributed by atoms with Crippen LogP contribution in [0.15, 0.2) is 120 Å². The lowest BCUT2D eigenvalue weighted by atomic mass is 10.2. The maximum atomic E-state index is 12.2. The summed E-state index contributed by atoms with van der Waals surface area (Å²) in [6.07, 6.45) is 0. The van der Waals surface area contributed by atoms with Crippen molar-refractivity contribution >= 4 is 55.2 Å². The molecular weight excluding hydrogens is 740 g/mol. The number of phenols is 4. The normalized spacial score (nSPS) is 10.4. The van der Waals surface area contributed by atoms with E-state index in [-0.39, 0.29) is 64.0 Å². The number of fused-ring (bicyclic) bond motifs is 5. The van der Waals surface area contributed by atoms with E-state index in [0.717, 1.165) is 11.0 Å². The van der Waals surface area contributed by atoms with Crippen molar-refractivity contribution < 1.29 is 53.6 Å². The average molecular weight is 777 g/mol. The quantitative estimate of drug-likeness (QED) is 0.0731. The van der Waals surface area contributed by atoms with E-state index in [1.165, 1.54) is 51.7 Å². The van der Waals surface area contributed by atoms with Crippen molar-refractivity contribution in [1.82, 2.24) is 15.1 Å². The number of para-hydroxylation sites is 5. The zero-order valence-electron chi connectivity index (χ0n) is 29.8. The molecule has 0 fully saturated rings. The van der Waals surface area contributed by atoms with E-state index in [9.17, 15) is 25.8 Å². The molecule has 0 amide bonds. The highest BCUT2D eigenvalue weighted by Gasteiger charge is 2.23. The molecule has 9 aromatic rings. The Morgan fingerprint density at radius 2 is 0.930 bits per heavy atom. The summed E-state index contributed by atoms with van der Waals surface area (Å²) in [5.41, 5.74) is 4.78. The third-order valence-electron chi connectivity index (χ3n) is 8.13. The molecule has 17 nitrogen and oxygen atoms in total. The number of hydrogen-bond acceptors (Lipinski definition) is 14. The lowest BCUT2D eigenvalue weighted by Gasteiger charge is -2.09. The summed E-state index contributed by atoms with van der Waals surface area (Å²) in [6, 6.07) is 30.9. The molecule has 0 saturated heterocycles. The van der Waals surface area contributed by atoms with E-state index in [1.54, 1.807) is 60.7 Å². The van der Waals surface area contributed by atoms with E-state index in [0.29, 0.717) is 42.2 Å². The summed E-state index contributed by atoms with van der Waals surface area (Å²) < 4.78 is 20.3. The molecule has 0 atom stereocenters. The largest absolute Gasteiger partial charge is 0.617 e. The summed E-state index contributed by atoms with van der Waals surface area (Å²) in [5.74, 6) is 0.823. The van der Waals surface area contributed by atoms with Crippen LogP contribution in [0.5, 0.6) is 40.2 Å². The molecule has 17 heteroatoms. The van der Waals surface area contributed by atoms with Gasteiger partial charge < -0.3 is 50.3 Å². The van der Waals surface area contributed by atoms with Gasteiger partial charge in [0.05, 0.1) is 55.5 Å². The Balaban J connectivity index is 0.000000150. The molecular formula is C40H36N6O11. The first kappa shape index (κ1) is 40.1. The highest BCUT2D eigenvalue weighted by molar-refractivity contribution is 5.88. The number of ether oxygens (including phenoxy) is 3. The molecule has 0 aliphatic rings. The van der Waals surface area contributed by atoms with Gasteiger partial charge in [0.15, 0.2) is 34.5 Å². The summed E-state index contributed by atoms with van der Waals surface area (Å²) in [7, 11) is 4.31. The predicted molar refractivity (Wildman–Crippen MR) is 209 cm³/mol. The smallest absolute Gasteiger partial charge is 0.294 e. The first-order valence-electron chi connectivity index (χ1n) is 16.4. The number of nitrogens with zero attached hydrogens (tertiary/aromatic N) is 6. The Morgan fingerprint density at radius 1 is 0.474 bits per heavy atom. The molecule has 0 aliphatic heterocycles. The molecule has 0 bridgehead atoms. The van der Waals surface area contributed by atoms with Crippen molar-refractivity contribution in [1.29, 1.82) is 0 Å². The van der Waals surface area contributed by atoms with E-state index >= 15 is 0 Å². The average Bonchev–Trinajstić information content (AvgIpc) is 3.60. The molecule has 0 saturated carbocycles. The van der Waals surface area contributed by atoms with Gasteiger partial charge in [-0.1, -0.05) is 43.8 Å². The standard InChI is InChI=1S/C13H10N2O4.C13H10N2O2.C7H8O3.C6H4N2O2.CH4/c1-19-13-7-11-10(6-12(13)16)14(17)8-4-2-3-5-9(8)15(11)18;1-17-13-7-11-10(6-12(13)16)14-8-4-2-3-5-9(8)15-11;1-10-7-4-5(8)2-3-6(7)9;9-8-6-4-2-1-3-5(6)7-10-8;/h2-7,16H,1H3;2-7,16H,1H3;2-4,8-9H,1H3;1-4H;1H4. The molecule has 292 valence electrons. The van der Waals surface area contributed by atoms with Crippen LogP contribution in [0.4, 0.5) is 0 Å². The topological polar surface area (TPSA) is 241 Å². The molecule has 4 N–H and O–H groups in total. The molecule has 3 heterocycles. The first-order valence-corrected chi connectivity index (χ1v) is 16.4. The number of benzene rings is 6. The number of methoxy groups -OCH3 is 3. The number of aromatic nitrogens is 6. The zero-order valence-corrected chi connectivity index (χ0v) is 29.8. The molecule has 3 aromatic heterocycles. The van der Waals surface area contributed by atoms with Crippen LogP contribution in [0.1, 0.15) is 7.43 Å². The van der Waals surface area contributed by atoms with Gasteiger partial charge in [0.1, 0.15) is 5.75 Å². The summed E-state index contributed by atoms with van der Waals surface area (Å²) in [4.78, 5) is 9.29. The van der Waals surface area contributed by atoms with Crippen LogP contribution in [0.3, 0.4) is 0 Å². The van der Waals surface area contributed by atoms with Crippen molar-refractivity contribution in [2.75, 3.05) is 21.3 Å². The number of phenolic OH excluding ortho intramolecular Hbond substituents is 4. The van der Waals surface area contributed by atoms with Gasteiger partial charge >= 0.3 is 0 Å². The number of aromatic hydroxyl groups is 4. The highest BCUT2D eigenvalue weighted by atomic mass is 16.8. The monoisotopic (exact) mass is 776 g/mol. The second-order valence-corrected chi connectivity index (χ2v) is 11.6. The van der Waals surface area contributed by atoms with Crippen molar-refractivity contribution in [3.05, 3.63) is 131 Å². The molecule has 0 spiro atoms. The Morgan fingerprint density at radius 3 is 1.47 bits per heavy atom. The molecule has 0 unspecified atom stereocenters. The summed E-state index contributed by atoms with van der Waals surface area (Å²) in [5, 5.41) is 75.9. The first-order chi connectivity index (χ1) is 27.0. The van der Waals surface area contributed by atoms with Crippen LogP contribution < -0.4 is 28.6 Å². The fourth-order valence-electron chi connectivity index (χ4n) is 5.39. The van der Waals surface area contributed by atoms with Crippen molar-refractivity contribution in [2.45, 2.75) is 7.43 Å². The van der Waals surface area contributed by atoms with E-state index in [2.05, 4.69) is 19.8 Å². The van der Waals surface area contributed by atoms with Gasteiger partial charge in [-0.3, -0.25) is 4.63 Å². The third-order valence-corrected chi connectivity index (χ3v) is 8.13. The molecule has 0 radical (unpaired) electrons. The maximum Gasteiger partial charge on any atom is 0.294 e. The Kier molecular flexibility index (Phi) is 12.2. The van der Waals surface area contributed by atoms with Gasteiger partial charge in [-0.15, -0.1) is 0 Å². The Bertz CT molecular complexity index is 2830. The Hall–Kier alpha value is -8.08. The van der Waals surface area contributed by atoms with Crippen LogP contribution in [-0.4, -0.2) is 56.9 Å². The van der Waals surface area contributed by atoms with E-state index in [1.807, 2.05) is 24.3 Å². The Labute approximate surface area is 323 Å². The van der Waals surface area contributed by atoms with Crippen LogP contribution in [0, 0.1) is 15.6 Å². The molecule has 6 aromatic carbocycles. The summed E-state index contributed by atoms with van der Waals surface area (Å²) in [6.45, 7) is 0. The lowest BCUT2D eigenvalue weighted by molar-refractivity contribution is -0.782. The SMILES string of the molecule is C.COc1cc(O)ccc1O.COc1cc2c(cc1O)[n+]([O-])c1ccccc1[n+]2[O-].COc1cc2nc3ccccc3nc2cc1O.[O-][n+]1onc2ccccc21. The second-order valence-electron chi connectivity index (χ2n) is 11.6. The lowest BCUT2D eigenvalue weighted by Crippen LogP contribution is -2.39. The molecule has 9 rings (SSSR count). The minimum absolute atomic E-state index is 0. The van der Waals surface area contributed by atoms with Crippen LogP contribution in [0.25, 0.3) is 55.2 Å². The van der Waals surface area contributed by atoms with Gasteiger partial charge in [0, 0.05) is 35.5 Å². The third kappa shape index (κ3) is 8.52. The van der Waals surface area contributed by atoms with Gasteiger partial charge in [-0.25, -0.2) is 9.97 Å². The van der Waals surface area contributed by atoms with Gasteiger partial charge in [0.25, 0.3) is 22.1 Å². The van der Waals surface area contributed by atoms with Gasteiger partial charge in [0.2, 0.25) is 11.0 Å². The number of hydrogen-bond donors (Lipinski definition) is 4. The molecule has 0 aliphatic carbocycles. The van der Waals surface area contributed by atoms with Crippen molar-refractivity contribution in [3.63, 3.8) is 0 Å². The predicted octanol–water partition coefficient (Wildman–Crippen LogP) is 5.67. The highest BCUT2D eigenvalue weighted by Crippen LogP contribution is 2.31. The second kappa shape index (κ2) is 17.4. The van der Waals surface area contributed by atoms with Gasteiger partial charge in [-0.2, -0.15) is 9.46 Å². The summed E-state index contributed by atoms with van der Waals surface area (Å²) >= 11 is 0. The minimum Gasteiger partial charge on any atom is -0.617 e. The fourth-order valence-corrected chi connectivity index (χ4v) is 5.39. The van der Waals surface area contributed by atoms with Crippen LogP contribution in [-0.2, 0) is 0 Å². The van der Waals surface area contributed by atoms with Crippen molar-refractivity contribution in [3.8, 4) is 40.2 Å². The van der Waals surface area contributed by atoms with Crippen LogP contribution in [0.2, 0.25) is 0 Å². The van der Waals surface area contributed by atoms with Crippen molar-refractivity contribution in [2.24, 2.45) is 0 Å². The number of rotatable bonds is 3. The fraction of sp³-hybridized carbons (Fsp3) is 0.100.